The SMILES string of the molecule is CC(C)n1nc(-c2nnc(CC3CCCCN3C3CCC3)o2)c2ccccc21. The second-order valence-electron chi connectivity index (χ2n) is 8.58. The molecule has 0 bridgehead atoms. The molecular formula is C22H29N5O. The summed E-state index contributed by atoms with van der Waals surface area (Å²) < 4.78 is 8.16. The van der Waals surface area contributed by atoms with Gasteiger partial charge in [-0.05, 0) is 52.1 Å². The number of aromatic nitrogens is 4. The van der Waals surface area contributed by atoms with Gasteiger partial charge < -0.3 is 4.42 Å². The second kappa shape index (κ2) is 7.32. The van der Waals surface area contributed by atoms with E-state index in [9.17, 15) is 0 Å². The third-order valence-electron chi connectivity index (χ3n) is 6.40. The van der Waals surface area contributed by atoms with E-state index in [0.717, 1.165) is 35.0 Å². The molecule has 2 fully saturated rings. The van der Waals surface area contributed by atoms with Crippen LogP contribution in [-0.2, 0) is 6.42 Å². The summed E-state index contributed by atoms with van der Waals surface area (Å²) in [6.45, 7) is 5.50. The molecule has 148 valence electrons. The fourth-order valence-corrected chi connectivity index (χ4v) is 4.72. The molecule has 28 heavy (non-hydrogen) atoms. The Kier molecular flexibility index (Phi) is 4.67. The standard InChI is InChI=1S/C22H29N5O/c1-15(2)27-19-12-4-3-11-18(19)21(25-27)22-24-23-20(28-22)14-17-8-5-6-13-26(17)16-9-7-10-16/h3-4,11-12,15-17H,5-10,13-14H2,1-2H3. The van der Waals surface area contributed by atoms with Gasteiger partial charge in [0.25, 0.3) is 5.89 Å². The molecule has 0 amide bonds. The summed E-state index contributed by atoms with van der Waals surface area (Å²) in [5, 5.41) is 14.6. The summed E-state index contributed by atoms with van der Waals surface area (Å²) >= 11 is 0. The van der Waals surface area contributed by atoms with Gasteiger partial charge in [0.15, 0.2) is 5.69 Å². The molecular weight excluding hydrogens is 350 g/mol. The van der Waals surface area contributed by atoms with Gasteiger partial charge in [-0.25, -0.2) is 0 Å². The number of nitrogens with zero attached hydrogens (tertiary/aromatic N) is 5. The number of benzene rings is 1. The zero-order chi connectivity index (χ0) is 19.1. The van der Waals surface area contributed by atoms with Gasteiger partial charge in [0, 0.05) is 29.9 Å². The van der Waals surface area contributed by atoms with E-state index in [2.05, 4.69) is 41.1 Å². The van der Waals surface area contributed by atoms with Crippen LogP contribution < -0.4 is 0 Å². The summed E-state index contributed by atoms with van der Waals surface area (Å²) in [6, 6.07) is 9.86. The number of fused-ring (bicyclic) bond motifs is 1. The number of rotatable bonds is 5. The maximum absolute atomic E-state index is 6.13. The van der Waals surface area contributed by atoms with E-state index in [1.165, 1.54) is 45.1 Å². The minimum Gasteiger partial charge on any atom is -0.419 e. The molecule has 1 aliphatic heterocycles. The summed E-state index contributed by atoms with van der Waals surface area (Å²) in [6.07, 6.45) is 8.79. The second-order valence-corrected chi connectivity index (χ2v) is 8.58. The van der Waals surface area contributed by atoms with Gasteiger partial charge in [-0.2, -0.15) is 5.10 Å². The highest BCUT2D eigenvalue weighted by Gasteiger charge is 2.33. The quantitative estimate of drug-likeness (QED) is 0.647. The van der Waals surface area contributed by atoms with Gasteiger partial charge in [-0.15, -0.1) is 10.2 Å². The zero-order valence-corrected chi connectivity index (χ0v) is 16.8. The van der Waals surface area contributed by atoms with Crippen molar-refractivity contribution in [3.05, 3.63) is 30.2 Å². The Bertz CT molecular complexity index is 955. The van der Waals surface area contributed by atoms with E-state index in [1.807, 2.05) is 16.8 Å². The van der Waals surface area contributed by atoms with Gasteiger partial charge in [0.05, 0.1) is 5.52 Å². The van der Waals surface area contributed by atoms with E-state index < -0.39 is 0 Å². The Morgan fingerprint density at radius 3 is 2.71 bits per heavy atom. The van der Waals surface area contributed by atoms with Crippen molar-refractivity contribution in [3.8, 4) is 11.6 Å². The van der Waals surface area contributed by atoms with Crippen molar-refractivity contribution in [1.82, 2.24) is 24.9 Å². The predicted molar refractivity (Wildman–Crippen MR) is 109 cm³/mol. The number of piperidine rings is 1. The van der Waals surface area contributed by atoms with Gasteiger partial charge in [-0.3, -0.25) is 9.58 Å². The molecule has 1 saturated heterocycles. The van der Waals surface area contributed by atoms with Crippen LogP contribution in [0, 0.1) is 0 Å². The molecule has 3 aromatic rings. The molecule has 5 rings (SSSR count). The van der Waals surface area contributed by atoms with Gasteiger partial charge in [0.2, 0.25) is 5.89 Å². The summed E-state index contributed by atoms with van der Waals surface area (Å²) in [4.78, 5) is 2.71. The van der Waals surface area contributed by atoms with Gasteiger partial charge in [0.1, 0.15) is 0 Å². The zero-order valence-electron chi connectivity index (χ0n) is 16.8. The van der Waals surface area contributed by atoms with Crippen LogP contribution in [0.2, 0.25) is 0 Å². The maximum Gasteiger partial charge on any atom is 0.268 e. The largest absolute Gasteiger partial charge is 0.419 e. The molecule has 1 saturated carbocycles. The average Bonchev–Trinajstić information content (AvgIpc) is 3.26. The van der Waals surface area contributed by atoms with Crippen molar-refractivity contribution in [2.24, 2.45) is 0 Å². The monoisotopic (exact) mass is 379 g/mol. The third-order valence-corrected chi connectivity index (χ3v) is 6.40. The fourth-order valence-electron chi connectivity index (χ4n) is 4.72. The van der Waals surface area contributed by atoms with Crippen molar-refractivity contribution in [1.29, 1.82) is 0 Å². The van der Waals surface area contributed by atoms with Crippen molar-refractivity contribution in [2.75, 3.05) is 6.54 Å². The van der Waals surface area contributed by atoms with Crippen LogP contribution in [0.15, 0.2) is 28.7 Å². The first kappa shape index (κ1) is 17.9. The number of hydrogen-bond acceptors (Lipinski definition) is 5. The van der Waals surface area contributed by atoms with E-state index in [0.29, 0.717) is 11.9 Å². The van der Waals surface area contributed by atoms with E-state index in [1.54, 1.807) is 0 Å². The highest BCUT2D eigenvalue weighted by Crippen LogP contribution is 2.33. The van der Waals surface area contributed by atoms with Crippen LogP contribution in [0.4, 0.5) is 0 Å². The Labute approximate surface area is 165 Å². The Morgan fingerprint density at radius 2 is 1.93 bits per heavy atom. The molecule has 3 heterocycles. The van der Waals surface area contributed by atoms with Gasteiger partial charge >= 0.3 is 0 Å². The summed E-state index contributed by atoms with van der Waals surface area (Å²) in [7, 11) is 0. The topological polar surface area (TPSA) is 60.0 Å². The Hall–Kier alpha value is -2.21. The van der Waals surface area contributed by atoms with E-state index in [4.69, 9.17) is 9.52 Å². The number of likely N-dealkylation sites (tertiary alicyclic amines) is 1. The van der Waals surface area contributed by atoms with Crippen LogP contribution in [0.5, 0.6) is 0 Å². The highest BCUT2D eigenvalue weighted by atomic mass is 16.4. The van der Waals surface area contributed by atoms with Crippen LogP contribution in [0.3, 0.4) is 0 Å². The Balaban J connectivity index is 1.41. The molecule has 0 spiro atoms. The van der Waals surface area contributed by atoms with Crippen molar-refractivity contribution in [2.45, 2.75) is 76.9 Å². The number of hydrogen-bond donors (Lipinski definition) is 0. The third kappa shape index (κ3) is 3.13. The lowest BCUT2D eigenvalue weighted by atomic mass is 9.87. The first-order chi connectivity index (χ1) is 13.7. The lowest BCUT2D eigenvalue weighted by Gasteiger charge is -2.44. The van der Waals surface area contributed by atoms with Gasteiger partial charge in [-0.1, -0.05) is 31.0 Å². The molecule has 6 nitrogen and oxygen atoms in total. The van der Waals surface area contributed by atoms with Crippen LogP contribution in [-0.4, -0.2) is 43.5 Å². The number of para-hydroxylation sites is 1. The molecule has 1 unspecified atom stereocenters. The molecule has 0 radical (unpaired) electrons. The molecule has 0 N–H and O–H groups in total. The van der Waals surface area contributed by atoms with Crippen molar-refractivity contribution in [3.63, 3.8) is 0 Å². The Morgan fingerprint density at radius 1 is 1.07 bits per heavy atom. The molecule has 6 heteroatoms. The van der Waals surface area contributed by atoms with Crippen molar-refractivity contribution < 1.29 is 4.42 Å². The molecule has 1 aliphatic carbocycles. The maximum atomic E-state index is 6.13. The lowest BCUT2D eigenvalue weighted by molar-refractivity contribution is 0.0489. The fraction of sp³-hybridized carbons (Fsp3) is 0.591. The van der Waals surface area contributed by atoms with Crippen LogP contribution >= 0.6 is 0 Å². The summed E-state index contributed by atoms with van der Waals surface area (Å²) in [5.74, 6) is 1.28. The van der Waals surface area contributed by atoms with Crippen molar-refractivity contribution >= 4 is 10.9 Å². The normalized spacial score (nSPS) is 21.5. The smallest absolute Gasteiger partial charge is 0.268 e. The molecule has 2 aromatic heterocycles. The highest BCUT2D eigenvalue weighted by molar-refractivity contribution is 5.91. The first-order valence-corrected chi connectivity index (χ1v) is 10.8. The first-order valence-electron chi connectivity index (χ1n) is 10.8. The lowest BCUT2D eigenvalue weighted by Crippen LogP contribution is -2.50. The average molecular weight is 380 g/mol. The van der Waals surface area contributed by atoms with Crippen LogP contribution in [0.1, 0.15) is 64.3 Å². The predicted octanol–water partition coefficient (Wildman–Crippen LogP) is 4.62. The van der Waals surface area contributed by atoms with Crippen LogP contribution in [0.25, 0.3) is 22.5 Å². The molecule has 2 aliphatic rings. The minimum absolute atomic E-state index is 0.277. The van der Waals surface area contributed by atoms with E-state index >= 15 is 0 Å². The minimum atomic E-state index is 0.277. The molecule has 1 aromatic carbocycles. The summed E-state index contributed by atoms with van der Waals surface area (Å²) in [5.41, 5.74) is 1.90. The van der Waals surface area contributed by atoms with E-state index in [-0.39, 0.29) is 6.04 Å². The molecule has 1 atom stereocenters.